The molecule has 1 rings (SSSR count). The molecule has 0 aliphatic rings. The van der Waals surface area contributed by atoms with Crippen molar-refractivity contribution in [2.45, 2.75) is 33.7 Å². The van der Waals surface area contributed by atoms with Crippen LogP contribution in [0.1, 0.15) is 38.1 Å². The highest BCUT2D eigenvalue weighted by molar-refractivity contribution is 5.88. The van der Waals surface area contributed by atoms with E-state index in [0.29, 0.717) is 6.54 Å². The summed E-state index contributed by atoms with van der Waals surface area (Å²) in [6.45, 7) is 8.09. The maximum Gasteiger partial charge on any atom is 0.335 e. The largest absolute Gasteiger partial charge is 0.478 e. The van der Waals surface area contributed by atoms with Crippen molar-refractivity contribution in [2.75, 3.05) is 11.4 Å². The highest BCUT2D eigenvalue weighted by Gasteiger charge is 2.22. The molecule has 1 aromatic carbocycles. The van der Waals surface area contributed by atoms with Crippen LogP contribution in [0.5, 0.6) is 0 Å². The number of halogens is 2. The van der Waals surface area contributed by atoms with Gasteiger partial charge in [0.2, 0.25) is 0 Å². The van der Waals surface area contributed by atoms with E-state index >= 15 is 0 Å². The van der Waals surface area contributed by atoms with Gasteiger partial charge in [0.15, 0.2) is 0 Å². The third kappa shape index (κ3) is 3.66. The highest BCUT2D eigenvalue weighted by Crippen LogP contribution is 2.27. The van der Waals surface area contributed by atoms with Crippen molar-refractivity contribution in [1.82, 2.24) is 0 Å². The van der Waals surface area contributed by atoms with Gasteiger partial charge in [-0.15, -0.1) is 0 Å². The Morgan fingerprint density at radius 1 is 1.21 bits per heavy atom. The summed E-state index contributed by atoms with van der Waals surface area (Å²) in [5.41, 5.74) is -0.541. The molecule has 0 aliphatic carbocycles. The van der Waals surface area contributed by atoms with Crippen LogP contribution < -0.4 is 4.90 Å². The molecule has 0 unspecified atom stereocenters. The molecule has 0 amide bonds. The van der Waals surface area contributed by atoms with Gasteiger partial charge in [0.05, 0.1) is 5.56 Å². The summed E-state index contributed by atoms with van der Waals surface area (Å²) in [5.74, 6) is -2.79. The molecule has 0 aliphatic heterocycles. The Kier molecular flexibility index (Phi) is 4.86. The number of carboxylic acids is 1. The molecule has 1 N–H and O–H groups in total. The minimum Gasteiger partial charge on any atom is -0.478 e. The van der Waals surface area contributed by atoms with E-state index in [-0.39, 0.29) is 23.2 Å². The van der Waals surface area contributed by atoms with Crippen LogP contribution in [0.4, 0.5) is 14.5 Å². The molecule has 0 fully saturated rings. The van der Waals surface area contributed by atoms with Crippen LogP contribution in [0, 0.1) is 17.6 Å². The zero-order chi connectivity index (χ0) is 14.7. The smallest absolute Gasteiger partial charge is 0.335 e. The van der Waals surface area contributed by atoms with Crippen molar-refractivity contribution in [2.24, 2.45) is 5.92 Å². The van der Waals surface area contributed by atoms with E-state index in [1.165, 1.54) is 0 Å². The molecular weight excluding hydrogens is 252 g/mol. The molecule has 0 bridgehead atoms. The molecule has 106 valence electrons. The van der Waals surface area contributed by atoms with E-state index in [4.69, 9.17) is 5.11 Å². The van der Waals surface area contributed by atoms with E-state index in [1.807, 2.05) is 27.7 Å². The molecule has 0 radical (unpaired) electrons. The number of hydrogen-bond acceptors (Lipinski definition) is 2. The summed E-state index contributed by atoms with van der Waals surface area (Å²) in [5, 5.41) is 8.77. The first-order chi connectivity index (χ1) is 8.73. The van der Waals surface area contributed by atoms with Gasteiger partial charge >= 0.3 is 5.97 Å². The van der Waals surface area contributed by atoms with Gasteiger partial charge in [0.1, 0.15) is 17.3 Å². The number of rotatable bonds is 5. The molecule has 0 saturated carbocycles. The minimum absolute atomic E-state index is 0.0814. The second kappa shape index (κ2) is 5.99. The van der Waals surface area contributed by atoms with Crippen molar-refractivity contribution < 1.29 is 18.7 Å². The number of anilines is 1. The lowest BCUT2D eigenvalue weighted by Crippen LogP contribution is -2.35. The molecule has 1 aromatic rings. The van der Waals surface area contributed by atoms with Crippen LogP contribution >= 0.6 is 0 Å². The fourth-order valence-corrected chi connectivity index (χ4v) is 1.92. The first-order valence-electron chi connectivity index (χ1n) is 6.23. The van der Waals surface area contributed by atoms with Crippen molar-refractivity contribution in [3.8, 4) is 0 Å². The van der Waals surface area contributed by atoms with Gasteiger partial charge in [-0.05, 0) is 31.9 Å². The lowest BCUT2D eigenvalue weighted by atomic mass is 10.1. The molecule has 0 atom stereocenters. The van der Waals surface area contributed by atoms with Gasteiger partial charge in [0, 0.05) is 12.6 Å². The van der Waals surface area contributed by atoms with Gasteiger partial charge in [-0.1, -0.05) is 13.8 Å². The first-order valence-corrected chi connectivity index (χ1v) is 6.23. The molecule has 0 spiro atoms. The van der Waals surface area contributed by atoms with Gasteiger partial charge < -0.3 is 10.0 Å². The monoisotopic (exact) mass is 271 g/mol. The van der Waals surface area contributed by atoms with Crippen molar-refractivity contribution >= 4 is 11.7 Å². The fraction of sp³-hybridized carbons (Fsp3) is 0.500. The fourth-order valence-electron chi connectivity index (χ4n) is 1.92. The zero-order valence-corrected chi connectivity index (χ0v) is 11.6. The summed E-state index contributed by atoms with van der Waals surface area (Å²) >= 11 is 0. The number of hydrogen-bond donors (Lipinski definition) is 1. The Balaban J connectivity index is 3.27. The molecule has 0 saturated heterocycles. The van der Waals surface area contributed by atoms with Crippen molar-refractivity contribution in [3.05, 3.63) is 29.3 Å². The molecule has 19 heavy (non-hydrogen) atoms. The Labute approximate surface area is 111 Å². The second-order valence-corrected chi connectivity index (χ2v) is 5.23. The van der Waals surface area contributed by atoms with Crippen LogP contribution in [0.25, 0.3) is 0 Å². The predicted octanol–water partition coefficient (Wildman–Crippen LogP) is 3.53. The van der Waals surface area contributed by atoms with E-state index in [0.717, 1.165) is 12.1 Å². The Morgan fingerprint density at radius 3 is 2.00 bits per heavy atom. The van der Waals surface area contributed by atoms with E-state index < -0.39 is 17.6 Å². The third-order valence-corrected chi connectivity index (χ3v) is 2.74. The average Bonchev–Trinajstić information content (AvgIpc) is 2.25. The van der Waals surface area contributed by atoms with Gasteiger partial charge in [-0.25, -0.2) is 13.6 Å². The van der Waals surface area contributed by atoms with Crippen molar-refractivity contribution in [1.29, 1.82) is 0 Å². The SMILES string of the molecule is CC(C)CN(c1c(F)cc(C(=O)O)cc1F)C(C)C. The van der Waals surface area contributed by atoms with Crippen LogP contribution in [-0.2, 0) is 0 Å². The van der Waals surface area contributed by atoms with Gasteiger partial charge in [0.25, 0.3) is 0 Å². The minimum atomic E-state index is -1.34. The summed E-state index contributed by atoms with van der Waals surface area (Å²) in [6, 6.07) is 1.63. The predicted molar refractivity (Wildman–Crippen MR) is 70.6 cm³/mol. The number of benzene rings is 1. The number of aromatic carboxylic acids is 1. The van der Waals surface area contributed by atoms with E-state index in [9.17, 15) is 13.6 Å². The van der Waals surface area contributed by atoms with Crippen LogP contribution in [-0.4, -0.2) is 23.7 Å². The lowest BCUT2D eigenvalue weighted by Gasteiger charge is -2.31. The number of carboxylic acid groups (broad SMARTS) is 1. The summed E-state index contributed by atoms with van der Waals surface area (Å²) in [6.07, 6.45) is 0. The van der Waals surface area contributed by atoms with E-state index in [1.54, 1.807) is 4.90 Å². The van der Waals surface area contributed by atoms with Crippen LogP contribution in [0.3, 0.4) is 0 Å². The second-order valence-electron chi connectivity index (χ2n) is 5.23. The summed E-state index contributed by atoms with van der Waals surface area (Å²) in [7, 11) is 0. The lowest BCUT2D eigenvalue weighted by molar-refractivity contribution is 0.0695. The highest BCUT2D eigenvalue weighted by atomic mass is 19.1. The Morgan fingerprint density at radius 2 is 1.68 bits per heavy atom. The number of nitrogens with zero attached hydrogens (tertiary/aromatic N) is 1. The Hall–Kier alpha value is -1.65. The first kappa shape index (κ1) is 15.4. The van der Waals surface area contributed by atoms with E-state index in [2.05, 4.69) is 0 Å². The Bertz CT molecular complexity index is 450. The maximum atomic E-state index is 14.0. The molecule has 3 nitrogen and oxygen atoms in total. The topological polar surface area (TPSA) is 40.5 Å². The van der Waals surface area contributed by atoms with Crippen LogP contribution in [0.2, 0.25) is 0 Å². The quantitative estimate of drug-likeness (QED) is 0.890. The van der Waals surface area contributed by atoms with Crippen LogP contribution in [0.15, 0.2) is 12.1 Å². The normalized spacial score (nSPS) is 11.2. The van der Waals surface area contributed by atoms with Gasteiger partial charge in [-0.3, -0.25) is 0 Å². The molecule has 5 heteroatoms. The third-order valence-electron chi connectivity index (χ3n) is 2.74. The zero-order valence-electron chi connectivity index (χ0n) is 11.6. The average molecular weight is 271 g/mol. The standard InChI is InChI=1S/C14H19F2NO2/c1-8(2)7-17(9(3)4)13-11(15)5-10(14(18)19)6-12(13)16/h5-6,8-9H,7H2,1-4H3,(H,18,19). The summed E-state index contributed by atoms with van der Waals surface area (Å²) in [4.78, 5) is 12.4. The molecular formula is C14H19F2NO2. The van der Waals surface area contributed by atoms with Gasteiger partial charge in [-0.2, -0.15) is 0 Å². The number of carbonyl (C=O) groups is 1. The van der Waals surface area contributed by atoms with Crippen molar-refractivity contribution in [3.63, 3.8) is 0 Å². The molecule has 0 aromatic heterocycles. The summed E-state index contributed by atoms with van der Waals surface area (Å²) < 4.78 is 28.0. The maximum absolute atomic E-state index is 14.0. The molecule has 0 heterocycles.